The van der Waals surface area contributed by atoms with Crippen LogP contribution in [0.5, 0.6) is 5.75 Å². The molecule has 0 aliphatic rings. The highest BCUT2D eigenvalue weighted by atomic mass is 19.4. The first-order valence-corrected chi connectivity index (χ1v) is 11.3. The van der Waals surface area contributed by atoms with E-state index in [9.17, 15) is 66.7 Å². The van der Waals surface area contributed by atoms with Crippen molar-refractivity contribution in [2.45, 2.75) is 55.2 Å². The number of alkyl halides is 13. The van der Waals surface area contributed by atoms with Crippen LogP contribution in [0, 0.1) is 0 Å². The van der Waals surface area contributed by atoms with Gasteiger partial charge < -0.3 is 19.3 Å². The first-order valence-electron chi connectivity index (χ1n) is 11.3. The van der Waals surface area contributed by atoms with E-state index < -0.39 is 78.6 Å². The van der Waals surface area contributed by atoms with Gasteiger partial charge in [0.05, 0.1) is 20.2 Å². The van der Waals surface area contributed by atoms with E-state index in [1.165, 1.54) is 24.3 Å². The van der Waals surface area contributed by atoms with Crippen LogP contribution in [0.15, 0.2) is 24.3 Å². The second-order valence-corrected chi connectivity index (χ2v) is 8.37. The molecule has 0 heterocycles. The maximum atomic E-state index is 14.2. The number of amides is 1. The Balaban J connectivity index is 3.09. The van der Waals surface area contributed by atoms with Crippen molar-refractivity contribution in [3.63, 3.8) is 0 Å². The molecule has 1 aromatic rings. The Morgan fingerprint density at radius 2 is 1.33 bits per heavy atom. The van der Waals surface area contributed by atoms with E-state index >= 15 is 0 Å². The minimum Gasteiger partial charge on any atom is -0.492 e. The van der Waals surface area contributed by atoms with Gasteiger partial charge in [-0.2, -0.15) is 57.1 Å². The lowest BCUT2D eigenvalue weighted by molar-refractivity contribution is -0.440. The molecule has 0 saturated carbocycles. The number of hydrogen-bond acceptors (Lipinski definition) is 5. The molecule has 0 fully saturated rings. The summed E-state index contributed by atoms with van der Waals surface area (Å²) in [6, 6.07) is 5.07. The summed E-state index contributed by atoms with van der Waals surface area (Å²) in [5.41, 5.74) is 0.412. The summed E-state index contributed by atoms with van der Waals surface area (Å²) in [5, 5.41) is 9.09. The van der Waals surface area contributed by atoms with Gasteiger partial charge in [-0.05, 0) is 24.6 Å². The second kappa shape index (κ2) is 13.0. The lowest BCUT2D eigenvalue weighted by atomic mass is 9.93. The van der Waals surface area contributed by atoms with Gasteiger partial charge in [0.25, 0.3) is 0 Å². The lowest BCUT2D eigenvalue weighted by Crippen LogP contribution is -2.71. The minimum absolute atomic E-state index is 0.0833. The number of methoxy groups -OCH3 is 1. The van der Waals surface area contributed by atoms with Gasteiger partial charge in [0.2, 0.25) is 0 Å². The van der Waals surface area contributed by atoms with E-state index in [-0.39, 0.29) is 18.8 Å². The van der Waals surface area contributed by atoms with Crippen molar-refractivity contribution in [2.24, 2.45) is 0 Å². The van der Waals surface area contributed by atoms with Crippen molar-refractivity contribution in [3.8, 4) is 5.75 Å². The SMILES string of the molecule is CCOC(Cc1ccc(OCCN(CC(F)(F)C(F)(F)C(F)(F)C(F)(F)C(F)(F)C(F)(F)F)C(=O)OC)cc1)C(=O)O. The zero-order valence-electron chi connectivity index (χ0n) is 21.3. The molecular weight excluding hydrogens is 621 g/mol. The number of rotatable bonds is 15. The maximum Gasteiger partial charge on any atom is 0.460 e. The first kappa shape index (κ1) is 36.8. The van der Waals surface area contributed by atoms with Gasteiger partial charge in [0.15, 0.2) is 6.10 Å². The van der Waals surface area contributed by atoms with Gasteiger partial charge in [0.1, 0.15) is 12.4 Å². The van der Waals surface area contributed by atoms with E-state index in [1.54, 1.807) is 6.92 Å². The summed E-state index contributed by atoms with van der Waals surface area (Å²) in [7, 11) is 0.491. The smallest absolute Gasteiger partial charge is 0.460 e. The van der Waals surface area contributed by atoms with E-state index in [1.807, 2.05) is 0 Å². The molecule has 242 valence electrons. The van der Waals surface area contributed by atoms with Gasteiger partial charge in [0, 0.05) is 13.0 Å². The van der Waals surface area contributed by atoms with Gasteiger partial charge in [-0.25, -0.2) is 9.59 Å². The Kier molecular flexibility index (Phi) is 11.4. The van der Waals surface area contributed by atoms with E-state index in [0.717, 1.165) is 0 Å². The molecule has 0 aromatic heterocycles. The summed E-state index contributed by atoms with van der Waals surface area (Å²) in [6.07, 6.45) is -10.8. The number of carboxylic acid groups (broad SMARTS) is 1. The van der Waals surface area contributed by atoms with Gasteiger partial charge in [-0.1, -0.05) is 12.1 Å². The Morgan fingerprint density at radius 3 is 1.76 bits per heavy atom. The van der Waals surface area contributed by atoms with Crippen molar-refractivity contribution >= 4 is 12.1 Å². The lowest BCUT2D eigenvalue weighted by Gasteiger charge is -2.40. The molecule has 0 bridgehead atoms. The number of nitrogens with zero attached hydrogens (tertiary/aromatic N) is 1. The third-order valence-electron chi connectivity index (χ3n) is 5.44. The third kappa shape index (κ3) is 7.41. The van der Waals surface area contributed by atoms with Crippen LogP contribution in [-0.4, -0.2) is 97.4 Å². The topological polar surface area (TPSA) is 85.3 Å². The molecule has 0 saturated heterocycles. The van der Waals surface area contributed by atoms with E-state index in [4.69, 9.17) is 14.6 Å². The van der Waals surface area contributed by atoms with Crippen LogP contribution in [0.25, 0.3) is 0 Å². The van der Waals surface area contributed by atoms with Crippen molar-refractivity contribution in [1.29, 1.82) is 0 Å². The largest absolute Gasteiger partial charge is 0.492 e. The number of carboxylic acids is 1. The number of benzene rings is 1. The monoisotopic (exact) mass is 643 g/mol. The third-order valence-corrected chi connectivity index (χ3v) is 5.44. The number of halogens is 13. The van der Waals surface area contributed by atoms with Crippen molar-refractivity contribution in [2.75, 3.05) is 33.4 Å². The molecule has 0 spiro atoms. The van der Waals surface area contributed by atoms with Crippen LogP contribution in [0.4, 0.5) is 61.9 Å². The van der Waals surface area contributed by atoms with Crippen LogP contribution in [0.2, 0.25) is 0 Å². The summed E-state index contributed by atoms with van der Waals surface area (Å²) in [4.78, 5) is 22.4. The fraction of sp³-hybridized carbons (Fsp3) is 0.636. The first-order chi connectivity index (χ1) is 18.9. The van der Waals surface area contributed by atoms with E-state index in [0.29, 0.717) is 12.7 Å². The highest BCUT2D eigenvalue weighted by Crippen LogP contribution is 2.60. The number of aliphatic carboxylic acids is 1. The molecule has 0 radical (unpaired) electrons. The molecule has 1 aromatic carbocycles. The van der Waals surface area contributed by atoms with Crippen LogP contribution in [-0.2, 0) is 20.7 Å². The average Bonchev–Trinajstić information content (AvgIpc) is 2.86. The van der Waals surface area contributed by atoms with Crippen LogP contribution in [0.1, 0.15) is 12.5 Å². The Morgan fingerprint density at radius 1 is 0.833 bits per heavy atom. The van der Waals surface area contributed by atoms with Gasteiger partial charge in [-0.15, -0.1) is 0 Å². The Bertz CT molecular complexity index is 1060. The second-order valence-electron chi connectivity index (χ2n) is 8.37. The highest BCUT2D eigenvalue weighted by Gasteiger charge is 2.90. The molecule has 42 heavy (non-hydrogen) atoms. The van der Waals surface area contributed by atoms with E-state index in [2.05, 4.69) is 4.74 Å². The van der Waals surface area contributed by atoms with Crippen LogP contribution >= 0.6 is 0 Å². The summed E-state index contributed by atoms with van der Waals surface area (Å²) in [5.74, 6) is -39.4. The van der Waals surface area contributed by atoms with Crippen LogP contribution in [0.3, 0.4) is 0 Å². The quantitative estimate of drug-likeness (QED) is 0.240. The summed E-state index contributed by atoms with van der Waals surface area (Å²) in [6.45, 7) is -3.36. The molecule has 0 aliphatic heterocycles. The molecule has 1 unspecified atom stereocenters. The minimum atomic E-state index is -8.07. The zero-order chi connectivity index (χ0) is 32.9. The standard InChI is InChI=1S/C22H22F13NO6/c1-3-41-14(15(37)38)10-12-4-6-13(7-5-12)42-9-8-36(16(39)40-2)11-17(23,24)18(25,26)19(27,28)20(29,30)21(31,32)22(33,34)35/h4-7,14H,3,8-11H2,1-2H3,(H,37,38). The number of ether oxygens (including phenoxy) is 3. The average molecular weight is 643 g/mol. The predicted molar refractivity (Wildman–Crippen MR) is 113 cm³/mol. The number of carbonyl (C=O) groups is 2. The Labute approximate surface area is 228 Å². The van der Waals surface area contributed by atoms with Gasteiger partial charge in [-0.3, -0.25) is 4.90 Å². The van der Waals surface area contributed by atoms with Crippen molar-refractivity contribution < 1.29 is 86.0 Å². The molecule has 1 amide bonds. The Hall–Kier alpha value is -3.19. The zero-order valence-corrected chi connectivity index (χ0v) is 21.3. The number of carbonyl (C=O) groups excluding carboxylic acids is 1. The fourth-order valence-electron chi connectivity index (χ4n) is 3.13. The summed E-state index contributed by atoms with van der Waals surface area (Å²) < 4.78 is 188. The molecule has 1 N–H and O–H groups in total. The maximum absolute atomic E-state index is 14.2. The fourth-order valence-corrected chi connectivity index (χ4v) is 3.13. The molecule has 20 heteroatoms. The van der Waals surface area contributed by atoms with Crippen molar-refractivity contribution in [3.05, 3.63) is 29.8 Å². The molecule has 1 rings (SSSR count). The predicted octanol–water partition coefficient (Wildman–Crippen LogP) is 5.90. The normalized spacial score (nSPS) is 14.4. The van der Waals surface area contributed by atoms with Crippen LogP contribution < -0.4 is 4.74 Å². The molecular formula is C22H22F13NO6. The molecule has 0 aliphatic carbocycles. The highest BCUT2D eigenvalue weighted by molar-refractivity contribution is 5.72. The van der Waals surface area contributed by atoms with Gasteiger partial charge >= 0.3 is 47.9 Å². The summed E-state index contributed by atoms with van der Waals surface area (Å²) >= 11 is 0. The molecule has 7 nitrogen and oxygen atoms in total. The molecule has 1 atom stereocenters. The number of hydrogen-bond donors (Lipinski definition) is 1. The van der Waals surface area contributed by atoms with Crippen molar-refractivity contribution in [1.82, 2.24) is 4.90 Å².